The van der Waals surface area contributed by atoms with Gasteiger partial charge in [0.15, 0.2) is 6.10 Å². The fourth-order valence-corrected chi connectivity index (χ4v) is 10.2. The number of methoxy groups -OCH3 is 2. The van der Waals surface area contributed by atoms with Crippen molar-refractivity contribution in [3.8, 4) is 5.75 Å². The van der Waals surface area contributed by atoms with Crippen LogP contribution in [-0.2, 0) is 101 Å². The summed E-state index contributed by atoms with van der Waals surface area (Å²) in [6.45, 7) is 15.6. The number of hydrogen-bond acceptors (Lipinski definition) is 19. The second kappa shape index (κ2) is 40.5. The van der Waals surface area contributed by atoms with Gasteiger partial charge < -0.3 is 84.5 Å². The first-order chi connectivity index (χ1) is 46.2. The highest BCUT2D eigenvalue weighted by molar-refractivity contribution is 6.32. The van der Waals surface area contributed by atoms with Gasteiger partial charge in [-0.25, -0.2) is 9.59 Å². The van der Waals surface area contributed by atoms with Crippen LogP contribution in [0.15, 0.2) is 78.9 Å². The number of nitrogens with zero attached hydrogens (tertiary/aromatic N) is 1. The summed E-state index contributed by atoms with van der Waals surface area (Å²) >= 11 is 6.39. The Hall–Kier alpha value is -8.21. The van der Waals surface area contributed by atoms with E-state index in [-0.39, 0.29) is 103 Å². The van der Waals surface area contributed by atoms with Crippen LogP contribution >= 0.6 is 11.6 Å². The SMILES string of the molecule is COCCOCCOCCOCCC(=O)N(CCC(=O)O)CCC(=O)N[C@H](C(=O)N[C@@H](C)C(=O)Nc1ccc(COC(=O)NCc2ccc([C@H]3O[C@@H]3[C@@H](C)[C@@H]3C/C=C/C(=O)N[C@H](Cc4ccc(OC)c(Cl)c4)C(=O)NCC(C)(C)C(=O)O[C@@H](CC(C)C)C(=O)O3)cc2)cc1)C(C)C. The Morgan fingerprint density at radius 3 is 2.03 bits per heavy atom. The summed E-state index contributed by atoms with van der Waals surface area (Å²) in [6.07, 6.45) is -1.04. The Morgan fingerprint density at radius 1 is 0.763 bits per heavy atom. The summed E-state index contributed by atoms with van der Waals surface area (Å²) in [5.74, 6) is -6.32. The average molecular weight is 1380 g/mol. The Balaban J connectivity index is 1.07. The van der Waals surface area contributed by atoms with E-state index >= 15 is 0 Å². The molecule has 8 atom stereocenters. The summed E-state index contributed by atoms with van der Waals surface area (Å²) in [6, 6.07) is 15.8. The zero-order valence-corrected chi connectivity index (χ0v) is 57.8. The number of anilines is 1. The van der Waals surface area contributed by atoms with Crippen molar-refractivity contribution in [1.29, 1.82) is 0 Å². The van der Waals surface area contributed by atoms with Crippen LogP contribution in [-0.4, -0.2) is 186 Å². The van der Waals surface area contributed by atoms with Crippen LogP contribution in [0, 0.1) is 23.2 Å². The fraction of sp³-hybridized carbons (Fsp3) is 0.565. The number of rotatable bonds is 36. The molecular formula is C69H96ClN7O20. The van der Waals surface area contributed by atoms with Gasteiger partial charge in [0, 0.05) is 64.2 Å². The molecule has 3 aromatic carbocycles. The Labute approximate surface area is 571 Å². The van der Waals surface area contributed by atoms with Gasteiger partial charge in [0.25, 0.3) is 0 Å². The minimum absolute atomic E-state index is 0.0536. The van der Waals surface area contributed by atoms with Gasteiger partial charge in [-0.15, -0.1) is 0 Å². The van der Waals surface area contributed by atoms with Crippen LogP contribution in [0.25, 0.3) is 0 Å². The molecule has 0 bridgehead atoms. The van der Waals surface area contributed by atoms with Crippen molar-refractivity contribution in [2.45, 2.75) is 150 Å². The third-order valence-corrected chi connectivity index (χ3v) is 16.1. The maximum absolute atomic E-state index is 14.0. The highest BCUT2D eigenvalue weighted by atomic mass is 35.5. The number of cyclic esters (lactones) is 2. The summed E-state index contributed by atoms with van der Waals surface area (Å²) in [7, 11) is 3.06. The van der Waals surface area contributed by atoms with Crippen LogP contribution in [0.3, 0.4) is 0 Å². The number of carboxylic acid groups (broad SMARTS) is 1. The van der Waals surface area contributed by atoms with Gasteiger partial charge in [-0.05, 0) is 91.6 Å². The molecule has 534 valence electrons. The number of aliphatic carboxylic acids is 1. The number of epoxide rings is 1. The van der Waals surface area contributed by atoms with Crippen LogP contribution in [0.4, 0.5) is 10.5 Å². The number of hydrogen-bond donors (Lipinski definition) is 7. The minimum atomic E-state index is -1.29. The Kier molecular flexibility index (Phi) is 33.2. The lowest BCUT2D eigenvalue weighted by Crippen LogP contribution is -2.54. The number of carbonyl (C=O) groups excluding carboxylic acids is 9. The molecule has 0 aliphatic carbocycles. The molecule has 7 amide bonds. The standard InChI is InChI=1S/C69H96ClN7O20/c1-42(2)36-55-66(86)95-53(12-11-13-56(78)75-52(38-48-18-23-54(90-10)51(70)37-48)64(84)72-41-69(7,8)67(87)96-55)44(5)61-62(97-61)49-19-14-46(15-20-49)39-71-68(88)94-40-47-16-21-50(22-17-47)74-63(83)45(6)73-65(85)60(43(3)4)76-57(79)24-27-77(28-25-59(81)82)58(80)26-29-91-32-33-93-35-34-92-31-30-89-9/h11,13-23,37,42-45,52-53,55,60-62H,12,24-36,38-41H2,1-10H3,(H,71,88)(H,72,84)(H,73,85)(H,74,83)(H,75,78)(H,76,79)(H,81,82)/b13-11+/t44-,45-,52+,53-,55-,60-,61+,62+/m0/s1. The molecule has 2 aliphatic heterocycles. The number of ether oxygens (including phenoxy) is 9. The van der Waals surface area contributed by atoms with Gasteiger partial charge in [-0.2, -0.15) is 0 Å². The molecule has 1 saturated heterocycles. The maximum atomic E-state index is 14.0. The minimum Gasteiger partial charge on any atom is -0.495 e. The van der Waals surface area contributed by atoms with E-state index in [0.29, 0.717) is 54.0 Å². The quantitative estimate of drug-likeness (QED) is 0.0154. The molecule has 28 heteroatoms. The van der Waals surface area contributed by atoms with Crippen molar-refractivity contribution in [3.63, 3.8) is 0 Å². The van der Waals surface area contributed by atoms with Crippen molar-refractivity contribution in [3.05, 3.63) is 106 Å². The lowest BCUT2D eigenvalue weighted by Gasteiger charge is -2.29. The molecule has 0 spiro atoms. The number of alkyl carbamates (subject to hydrolysis) is 1. The van der Waals surface area contributed by atoms with Gasteiger partial charge in [-0.1, -0.05) is 94.8 Å². The number of esters is 2. The van der Waals surface area contributed by atoms with Gasteiger partial charge in [0.1, 0.15) is 42.7 Å². The summed E-state index contributed by atoms with van der Waals surface area (Å²) < 4.78 is 50.1. The first-order valence-electron chi connectivity index (χ1n) is 32.5. The van der Waals surface area contributed by atoms with Crippen molar-refractivity contribution in [2.75, 3.05) is 85.4 Å². The summed E-state index contributed by atoms with van der Waals surface area (Å²) in [5.41, 5.74) is 1.95. The second-order valence-electron chi connectivity index (χ2n) is 25.1. The van der Waals surface area contributed by atoms with E-state index in [0.717, 1.165) is 11.1 Å². The number of amides is 7. The molecular weight excluding hydrogens is 1280 g/mol. The molecule has 2 heterocycles. The van der Waals surface area contributed by atoms with Gasteiger partial charge in [-0.3, -0.25) is 38.4 Å². The molecule has 27 nitrogen and oxygen atoms in total. The molecule has 2 aliphatic rings. The van der Waals surface area contributed by atoms with E-state index in [1.807, 2.05) is 45.0 Å². The molecule has 5 rings (SSSR count). The van der Waals surface area contributed by atoms with Gasteiger partial charge in [0.05, 0.1) is 82.7 Å². The van der Waals surface area contributed by atoms with Crippen LogP contribution in [0.5, 0.6) is 5.75 Å². The summed E-state index contributed by atoms with van der Waals surface area (Å²) in [5, 5.41) is 25.9. The van der Waals surface area contributed by atoms with E-state index in [1.165, 1.54) is 25.0 Å². The lowest BCUT2D eigenvalue weighted by molar-refractivity contribution is -0.179. The van der Waals surface area contributed by atoms with Crippen molar-refractivity contribution in [2.24, 2.45) is 23.2 Å². The topological polar surface area (TPSA) is 353 Å². The molecule has 3 aromatic rings. The van der Waals surface area contributed by atoms with Crippen molar-refractivity contribution >= 4 is 76.7 Å². The van der Waals surface area contributed by atoms with Gasteiger partial charge >= 0.3 is 24.0 Å². The second-order valence-corrected chi connectivity index (χ2v) is 25.5. The first kappa shape index (κ1) is 79.5. The van der Waals surface area contributed by atoms with E-state index in [1.54, 1.807) is 83.3 Å². The third kappa shape index (κ3) is 28.0. The molecule has 0 radical (unpaired) electrons. The monoisotopic (exact) mass is 1380 g/mol. The number of benzene rings is 3. The predicted octanol–water partition coefficient (Wildman–Crippen LogP) is 5.91. The number of nitrogens with one attached hydrogen (secondary N) is 6. The molecule has 97 heavy (non-hydrogen) atoms. The Bertz CT molecular complexity index is 3130. The average Bonchev–Trinajstić information content (AvgIpc) is 1.64. The Morgan fingerprint density at radius 2 is 1.40 bits per heavy atom. The van der Waals surface area contributed by atoms with E-state index < -0.39 is 113 Å². The fourth-order valence-electron chi connectivity index (χ4n) is 9.94. The highest BCUT2D eigenvalue weighted by Gasteiger charge is 2.48. The zero-order valence-electron chi connectivity index (χ0n) is 57.0. The summed E-state index contributed by atoms with van der Waals surface area (Å²) in [4.78, 5) is 133. The molecule has 0 saturated carbocycles. The number of carbonyl (C=O) groups is 10. The smallest absolute Gasteiger partial charge is 0.407 e. The lowest BCUT2D eigenvalue weighted by atomic mass is 9.92. The third-order valence-electron chi connectivity index (χ3n) is 15.8. The van der Waals surface area contributed by atoms with Gasteiger partial charge in [0.2, 0.25) is 35.4 Å². The normalized spacial score (nSPS) is 19.4. The largest absolute Gasteiger partial charge is 0.495 e. The van der Waals surface area contributed by atoms with E-state index in [4.69, 9.17) is 54.2 Å². The van der Waals surface area contributed by atoms with Crippen LogP contribution in [0.1, 0.15) is 116 Å². The predicted molar refractivity (Wildman–Crippen MR) is 355 cm³/mol. The molecule has 1 fully saturated rings. The van der Waals surface area contributed by atoms with Crippen molar-refractivity contribution < 1.29 is 95.7 Å². The molecule has 0 aromatic heterocycles. The van der Waals surface area contributed by atoms with E-state index in [2.05, 4.69) is 31.9 Å². The van der Waals surface area contributed by atoms with Crippen LogP contribution in [0.2, 0.25) is 5.02 Å². The van der Waals surface area contributed by atoms with Crippen molar-refractivity contribution in [1.82, 2.24) is 31.5 Å². The van der Waals surface area contributed by atoms with Crippen LogP contribution < -0.4 is 36.6 Å². The molecule has 0 unspecified atom stereocenters. The maximum Gasteiger partial charge on any atom is 0.407 e. The first-order valence-corrected chi connectivity index (χ1v) is 32.9. The number of halogens is 1. The number of carboxylic acids is 1. The van der Waals surface area contributed by atoms with E-state index in [9.17, 15) is 53.1 Å². The zero-order chi connectivity index (χ0) is 71.2. The highest BCUT2D eigenvalue weighted by Crippen LogP contribution is 2.45. The molecule has 7 N–H and O–H groups in total.